The predicted octanol–water partition coefficient (Wildman–Crippen LogP) is 6.74. The van der Waals surface area contributed by atoms with Gasteiger partial charge < -0.3 is 15.1 Å². The van der Waals surface area contributed by atoms with E-state index in [0.717, 1.165) is 19.3 Å². The summed E-state index contributed by atoms with van der Waals surface area (Å²) < 4.78 is 0. The Hall–Kier alpha value is -0.640. The van der Waals surface area contributed by atoms with Crippen LogP contribution in [0.4, 0.5) is 0 Å². The zero-order chi connectivity index (χ0) is 23.7. The van der Waals surface area contributed by atoms with Crippen LogP contribution >= 0.6 is 0 Å². The molecule has 2 rings (SSSR count). The summed E-state index contributed by atoms with van der Waals surface area (Å²) in [6.45, 7) is 12.5. The van der Waals surface area contributed by atoms with Crippen LogP contribution in [0.15, 0.2) is 23.8 Å². The lowest BCUT2D eigenvalue weighted by molar-refractivity contribution is 0.139. The molecule has 0 aromatic rings. The van der Waals surface area contributed by atoms with Gasteiger partial charge in [0.15, 0.2) is 0 Å². The second-order valence-electron chi connectivity index (χ2n) is 11.9. The van der Waals surface area contributed by atoms with Crippen molar-refractivity contribution >= 4 is 0 Å². The summed E-state index contributed by atoms with van der Waals surface area (Å²) in [5.41, 5.74) is 1.89. The minimum atomic E-state index is -0.376. The second kappa shape index (κ2) is 13.3. The molecule has 0 saturated heterocycles. The van der Waals surface area contributed by atoms with Crippen molar-refractivity contribution in [2.24, 2.45) is 23.7 Å². The molecule has 0 amide bonds. The minimum Gasteiger partial charge on any atom is -0.392 e. The van der Waals surface area contributed by atoms with Crippen LogP contribution in [0, 0.1) is 23.7 Å². The van der Waals surface area contributed by atoms with E-state index in [0.29, 0.717) is 17.8 Å². The molecule has 3 nitrogen and oxygen atoms in total. The molecule has 3 heteroatoms. The Kier molecular flexibility index (Phi) is 11.5. The zero-order valence-corrected chi connectivity index (χ0v) is 22.0. The van der Waals surface area contributed by atoms with Crippen LogP contribution in [0.1, 0.15) is 105 Å². The third-order valence-corrected chi connectivity index (χ3v) is 8.09. The first kappa shape index (κ1) is 27.6. The maximum atomic E-state index is 10.6. The fourth-order valence-corrected chi connectivity index (χ4v) is 5.60. The Morgan fingerprint density at radius 2 is 1.88 bits per heavy atom. The van der Waals surface area contributed by atoms with Gasteiger partial charge in [0.1, 0.15) is 0 Å². The number of unbranched alkanes of at least 4 members (excludes halogenated alkanes) is 4. The Morgan fingerprint density at radius 3 is 2.56 bits per heavy atom. The van der Waals surface area contributed by atoms with Crippen LogP contribution in [0.2, 0.25) is 0 Å². The summed E-state index contributed by atoms with van der Waals surface area (Å²) in [5, 5.41) is 21.0. The van der Waals surface area contributed by atoms with Crippen molar-refractivity contribution in [2.45, 2.75) is 123 Å². The van der Waals surface area contributed by atoms with Crippen molar-refractivity contribution in [1.29, 1.82) is 0 Å². The summed E-state index contributed by atoms with van der Waals surface area (Å²) >= 11 is 0. The quantitative estimate of drug-likeness (QED) is 0.229. The highest BCUT2D eigenvalue weighted by atomic mass is 16.3. The van der Waals surface area contributed by atoms with Crippen LogP contribution in [-0.4, -0.2) is 46.5 Å². The van der Waals surface area contributed by atoms with Crippen molar-refractivity contribution in [3.05, 3.63) is 23.8 Å². The first-order valence-corrected chi connectivity index (χ1v) is 13.6. The molecule has 0 bridgehead atoms. The highest BCUT2D eigenvalue weighted by Crippen LogP contribution is 2.48. The van der Waals surface area contributed by atoms with E-state index in [9.17, 15) is 10.2 Å². The molecule has 0 unspecified atom stereocenters. The topological polar surface area (TPSA) is 43.7 Å². The summed E-state index contributed by atoms with van der Waals surface area (Å²) in [4.78, 5) is 2.45. The number of hydrogen-bond acceptors (Lipinski definition) is 3. The number of rotatable bonds is 14. The minimum absolute atomic E-state index is 0.210. The Balaban J connectivity index is 1.69. The molecule has 32 heavy (non-hydrogen) atoms. The van der Waals surface area contributed by atoms with Gasteiger partial charge in [-0.1, -0.05) is 69.8 Å². The summed E-state index contributed by atoms with van der Waals surface area (Å²) in [5.74, 6) is 1.85. The number of allylic oxidation sites excluding steroid dienone is 2. The van der Waals surface area contributed by atoms with E-state index < -0.39 is 0 Å². The van der Waals surface area contributed by atoms with Crippen molar-refractivity contribution < 1.29 is 10.2 Å². The van der Waals surface area contributed by atoms with Gasteiger partial charge in [-0.05, 0) is 90.6 Å². The van der Waals surface area contributed by atoms with E-state index in [4.69, 9.17) is 0 Å². The smallest absolute Gasteiger partial charge is 0.0723 e. The van der Waals surface area contributed by atoms with Gasteiger partial charge in [0.2, 0.25) is 0 Å². The van der Waals surface area contributed by atoms with Crippen LogP contribution in [-0.2, 0) is 0 Å². The monoisotopic (exact) mass is 447 g/mol. The van der Waals surface area contributed by atoms with Gasteiger partial charge in [-0.25, -0.2) is 0 Å². The van der Waals surface area contributed by atoms with Crippen molar-refractivity contribution in [3.8, 4) is 0 Å². The van der Waals surface area contributed by atoms with Crippen LogP contribution in [0.5, 0.6) is 0 Å². The summed E-state index contributed by atoms with van der Waals surface area (Å²) in [7, 11) is 2.23. The molecule has 2 aliphatic carbocycles. The van der Waals surface area contributed by atoms with E-state index in [-0.39, 0.29) is 23.7 Å². The van der Waals surface area contributed by atoms with Crippen molar-refractivity contribution in [1.82, 2.24) is 4.90 Å². The lowest BCUT2D eigenvalue weighted by atomic mass is 9.88. The molecular formula is C29H53NO2. The van der Waals surface area contributed by atoms with Crippen LogP contribution in [0.3, 0.4) is 0 Å². The number of aliphatic hydroxyl groups excluding tert-OH is 2. The Morgan fingerprint density at radius 1 is 1.16 bits per heavy atom. The lowest BCUT2D eigenvalue weighted by Crippen LogP contribution is -2.38. The predicted molar refractivity (Wildman–Crippen MR) is 138 cm³/mol. The fraction of sp³-hybridized carbons (Fsp3) is 0.862. The third kappa shape index (κ3) is 8.95. The molecule has 0 aromatic heterocycles. The van der Waals surface area contributed by atoms with E-state index >= 15 is 0 Å². The maximum absolute atomic E-state index is 10.6. The van der Waals surface area contributed by atoms with Gasteiger partial charge in [-0.15, -0.1) is 0 Å². The van der Waals surface area contributed by atoms with E-state index in [2.05, 4.69) is 58.7 Å². The molecular weight excluding hydrogens is 394 g/mol. The van der Waals surface area contributed by atoms with Crippen molar-refractivity contribution in [2.75, 3.05) is 13.6 Å². The lowest BCUT2D eigenvalue weighted by Gasteiger charge is -2.31. The SMILES string of the molecule is CCCC[C@H](C)C[C@H](O)C=C[C@@H]1[C@H]2CC(CCCCCCN(C)C(C)(C)C)=C[C@H]2C[C@H]1O. The number of fused-ring (bicyclic) bond motifs is 1. The molecule has 186 valence electrons. The molecule has 2 aliphatic rings. The number of hydrogen-bond donors (Lipinski definition) is 2. The molecule has 1 fully saturated rings. The fourth-order valence-electron chi connectivity index (χ4n) is 5.60. The molecule has 6 atom stereocenters. The van der Waals surface area contributed by atoms with Crippen molar-refractivity contribution in [3.63, 3.8) is 0 Å². The highest BCUT2D eigenvalue weighted by molar-refractivity contribution is 5.21. The van der Waals surface area contributed by atoms with Gasteiger partial charge >= 0.3 is 0 Å². The Bertz CT molecular complexity index is 590. The Labute approximate surface area is 199 Å². The molecule has 1 saturated carbocycles. The first-order valence-electron chi connectivity index (χ1n) is 13.6. The average Bonchev–Trinajstić information content (AvgIpc) is 3.22. The van der Waals surface area contributed by atoms with E-state index in [1.165, 1.54) is 57.9 Å². The molecule has 0 heterocycles. The van der Waals surface area contributed by atoms with E-state index in [1.54, 1.807) is 5.57 Å². The standard InChI is InChI=1S/C29H53NO2/c1-7-8-13-22(2)18-25(31)15-16-26-27-20-23(19-24(27)21-28(26)32)14-11-9-10-12-17-30(6)29(3,4)5/h15-16,19,22,24-28,31-32H,7-14,17-18,20-21H2,1-6H3/t22-,24-,25+,26+,27-,28+/m0/s1. The van der Waals surface area contributed by atoms with Gasteiger partial charge in [0.25, 0.3) is 0 Å². The molecule has 2 N–H and O–H groups in total. The maximum Gasteiger partial charge on any atom is 0.0723 e. The summed E-state index contributed by atoms with van der Waals surface area (Å²) in [6, 6.07) is 0. The zero-order valence-electron chi connectivity index (χ0n) is 22.0. The largest absolute Gasteiger partial charge is 0.392 e. The molecule has 0 spiro atoms. The van der Waals surface area contributed by atoms with Gasteiger partial charge in [0.05, 0.1) is 12.2 Å². The third-order valence-electron chi connectivity index (χ3n) is 8.09. The van der Waals surface area contributed by atoms with Gasteiger partial charge in [-0.2, -0.15) is 0 Å². The van der Waals surface area contributed by atoms with Gasteiger partial charge in [0, 0.05) is 11.5 Å². The van der Waals surface area contributed by atoms with E-state index in [1.807, 2.05) is 6.08 Å². The second-order valence-corrected chi connectivity index (χ2v) is 11.9. The number of nitrogens with zero attached hydrogens (tertiary/aromatic N) is 1. The molecule has 0 aliphatic heterocycles. The van der Waals surface area contributed by atoms with Crippen LogP contribution < -0.4 is 0 Å². The molecule has 0 aromatic carbocycles. The summed E-state index contributed by atoms with van der Waals surface area (Å²) in [6.07, 6.45) is 19.0. The highest BCUT2D eigenvalue weighted by Gasteiger charge is 2.43. The van der Waals surface area contributed by atoms with Gasteiger partial charge in [-0.3, -0.25) is 0 Å². The normalized spacial score (nSPS) is 27.8. The van der Waals surface area contributed by atoms with Crippen LogP contribution in [0.25, 0.3) is 0 Å². The molecule has 0 radical (unpaired) electrons. The number of aliphatic hydroxyl groups is 2. The average molecular weight is 448 g/mol. The first-order chi connectivity index (χ1) is 15.1.